The zero-order valence-corrected chi connectivity index (χ0v) is 16.8. The second kappa shape index (κ2) is 10.6. The number of hydrogen-bond donors (Lipinski definition) is 2. The van der Waals surface area contributed by atoms with Gasteiger partial charge in [-0.1, -0.05) is 18.2 Å². The van der Waals surface area contributed by atoms with Gasteiger partial charge < -0.3 is 10.6 Å². The summed E-state index contributed by atoms with van der Waals surface area (Å²) in [5, 5.41) is 5.84. The van der Waals surface area contributed by atoms with Crippen LogP contribution in [0.15, 0.2) is 54.6 Å². The first-order chi connectivity index (χ1) is 14.5. The summed E-state index contributed by atoms with van der Waals surface area (Å²) in [7, 11) is 0. The van der Waals surface area contributed by atoms with E-state index in [0.29, 0.717) is 12.1 Å². The zero-order valence-electron chi connectivity index (χ0n) is 16.8. The quantitative estimate of drug-likeness (QED) is 0.655. The Hall–Kier alpha value is -3.06. The third-order valence-electron chi connectivity index (χ3n) is 5.12. The smallest absolute Gasteiger partial charge is 0.238 e. The molecular formula is C23H26FN3O3. The van der Waals surface area contributed by atoms with Crippen LogP contribution in [0, 0.1) is 5.82 Å². The number of amides is 2. The van der Waals surface area contributed by atoms with E-state index < -0.39 is 5.82 Å². The third-order valence-corrected chi connectivity index (χ3v) is 5.12. The molecule has 0 unspecified atom stereocenters. The Kier molecular flexibility index (Phi) is 7.68. The number of carbonyl (C=O) groups excluding carboxylic acids is 3. The molecule has 0 saturated carbocycles. The Balaban J connectivity index is 1.34. The Morgan fingerprint density at radius 1 is 0.900 bits per heavy atom. The topological polar surface area (TPSA) is 78.5 Å². The fraction of sp³-hybridized carbons (Fsp3) is 0.348. The predicted molar refractivity (Wildman–Crippen MR) is 113 cm³/mol. The lowest BCUT2D eigenvalue weighted by Crippen LogP contribution is -2.46. The fourth-order valence-corrected chi connectivity index (χ4v) is 3.47. The van der Waals surface area contributed by atoms with E-state index in [2.05, 4.69) is 15.5 Å². The largest absolute Gasteiger partial charge is 0.353 e. The van der Waals surface area contributed by atoms with Crippen LogP contribution in [-0.2, 0) is 9.59 Å². The molecule has 2 amide bonds. The van der Waals surface area contributed by atoms with Crippen molar-refractivity contribution in [3.8, 4) is 0 Å². The number of nitrogens with zero attached hydrogens (tertiary/aromatic N) is 1. The minimum Gasteiger partial charge on any atom is -0.353 e. The van der Waals surface area contributed by atoms with Crippen molar-refractivity contribution in [1.29, 1.82) is 0 Å². The van der Waals surface area contributed by atoms with Crippen LogP contribution >= 0.6 is 0 Å². The highest BCUT2D eigenvalue weighted by molar-refractivity contribution is 5.98. The summed E-state index contributed by atoms with van der Waals surface area (Å²) in [5.74, 6) is -0.786. The van der Waals surface area contributed by atoms with Crippen LogP contribution < -0.4 is 10.6 Å². The predicted octanol–water partition coefficient (Wildman–Crippen LogP) is 3.01. The monoisotopic (exact) mass is 411 g/mol. The van der Waals surface area contributed by atoms with Gasteiger partial charge in [0, 0.05) is 43.2 Å². The molecule has 0 spiro atoms. The summed E-state index contributed by atoms with van der Waals surface area (Å²) in [6, 6.07) is 14.7. The van der Waals surface area contributed by atoms with Crippen molar-refractivity contribution in [2.24, 2.45) is 0 Å². The van der Waals surface area contributed by atoms with Crippen LogP contribution in [0.5, 0.6) is 0 Å². The molecule has 1 saturated heterocycles. The number of benzene rings is 2. The van der Waals surface area contributed by atoms with Crippen molar-refractivity contribution in [3.63, 3.8) is 0 Å². The second-order valence-corrected chi connectivity index (χ2v) is 7.46. The van der Waals surface area contributed by atoms with Crippen LogP contribution in [-0.4, -0.2) is 48.2 Å². The molecule has 1 fully saturated rings. The summed E-state index contributed by atoms with van der Waals surface area (Å²) in [6.07, 6.45) is 1.72. The molecule has 0 bridgehead atoms. The van der Waals surface area contributed by atoms with Crippen molar-refractivity contribution in [3.05, 3.63) is 66.0 Å². The average molecular weight is 411 g/mol. The maximum absolute atomic E-state index is 12.9. The van der Waals surface area contributed by atoms with Gasteiger partial charge in [0.05, 0.1) is 6.54 Å². The number of anilines is 1. The first kappa shape index (κ1) is 21.6. The molecule has 6 nitrogen and oxygen atoms in total. The average Bonchev–Trinajstić information content (AvgIpc) is 2.74. The van der Waals surface area contributed by atoms with E-state index in [0.717, 1.165) is 31.6 Å². The van der Waals surface area contributed by atoms with E-state index in [1.165, 1.54) is 24.3 Å². The van der Waals surface area contributed by atoms with E-state index in [9.17, 15) is 18.8 Å². The van der Waals surface area contributed by atoms with E-state index in [4.69, 9.17) is 0 Å². The van der Waals surface area contributed by atoms with Gasteiger partial charge in [-0.15, -0.1) is 0 Å². The standard InChI is InChI=1S/C23H26FN3O3/c24-18-8-6-17(7-9-18)21(28)10-11-22(29)25-20-12-14-27(15-13-20)16-23(30)26-19-4-2-1-3-5-19/h1-9,20H,10-16H2,(H,25,29)(H,26,30). The number of halogens is 1. The van der Waals surface area contributed by atoms with Crippen molar-refractivity contribution in [2.75, 3.05) is 25.0 Å². The van der Waals surface area contributed by atoms with Gasteiger partial charge in [0.1, 0.15) is 5.82 Å². The van der Waals surface area contributed by atoms with Gasteiger partial charge in [-0.25, -0.2) is 4.39 Å². The normalized spacial score (nSPS) is 14.8. The molecule has 158 valence electrons. The number of para-hydroxylation sites is 1. The van der Waals surface area contributed by atoms with Crippen LogP contribution in [0.1, 0.15) is 36.0 Å². The molecule has 1 aliphatic rings. The van der Waals surface area contributed by atoms with Crippen molar-refractivity contribution < 1.29 is 18.8 Å². The number of nitrogens with one attached hydrogen (secondary N) is 2. The molecule has 0 aliphatic carbocycles. The Labute approximate surface area is 175 Å². The molecule has 0 aromatic heterocycles. The summed E-state index contributed by atoms with van der Waals surface area (Å²) < 4.78 is 12.9. The lowest BCUT2D eigenvalue weighted by Gasteiger charge is -2.31. The highest BCUT2D eigenvalue weighted by Gasteiger charge is 2.22. The molecule has 7 heteroatoms. The van der Waals surface area contributed by atoms with Gasteiger partial charge in [-0.05, 0) is 49.2 Å². The number of piperidine rings is 1. The van der Waals surface area contributed by atoms with Gasteiger partial charge in [0.15, 0.2) is 5.78 Å². The SMILES string of the molecule is O=C(CN1CCC(NC(=O)CCC(=O)c2ccc(F)cc2)CC1)Nc1ccccc1. The number of carbonyl (C=O) groups is 3. The van der Waals surface area contributed by atoms with Crippen LogP contribution in [0.4, 0.5) is 10.1 Å². The summed E-state index contributed by atoms with van der Waals surface area (Å²) in [4.78, 5) is 38.5. The maximum Gasteiger partial charge on any atom is 0.238 e. The van der Waals surface area contributed by atoms with E-state index in [1.807, 2.05) is 30.3 Å². The molecule has 2 aromatic rings. The van der Waals surface area contributed by atoms with E-state index in [-0.39, 0.29) is 36.5 Å². The van der Waals surface area contributed by atoms with E-state index >= 15 is 0 Å². The molecule has 0 atom stereocenters. The summed E-state index contributed by atoms with van der Waals surface area (Å²) in [6.45, 7) is 1.77. The Bertz CT molecular complexity index is 863. The lowest BCUT2D eigenvalue weighted by atomic mass is 10.0. The first-order valence-corrected chi connectivity index (χ1v) is 10.1. The third kappa shape index (κ3) is 6.77. The number of ketones is 1. The molecule has 2 N–H and O–H groups in total. The van der Waals surface area contributed by atoms with Crippen LogP contribution in [0.25, 0.3) is 0 Å². The van der Waals surface area contributed by atoms with Crippen molar-refractivity contribution >= 4 is 23.3 Å². The highest BCUT2D eigenvalue weighted by Crippen LogP contribution is 2.12. The van der Waals surface area contributed by atoms with Crippen LogP contribution in [0.3, 0.4) is 0 Å². The van der Waals surface area contributed by atoms with Crippen LogP contribution in [0.2, 0.25) is 0 Å². The highest BCUT2D eigenvalue weighted by atomic mass is 19.1. The van der Waals surface area contributed by atoms with Gasteiger partial charge in [-0.2, -0.15) is 0 Å². The fourth-order valence-electron chi connectivity index (χ4n) is 3.47. The number of rotatable bonds is 8. The second-order valence-electron chi connectivity index (χ2n) is 7.46. The molecule has 2 aromatic carbocycles. The minimum absolute atomic E-state index is 0.0480. The van der Waals surface area contributed by atoms with Gasteiger partial charge >= 0.3 is 0 Å². The van der Waals surface area contributed by atoms with Crippen molar-refractivity contribution in [2.45, 2.75) is 31.7 Å². The maximum atomic E-state index is 12.9. The molecule has 0 radical (unpaired) electrons. The number of hydrogen-bond acceptors (Lipinski definition) is 4. The van der Waals surface area contributed by atoms with E-state index in [1.54, 1.807) is 0 Å². The Morgan fingerprint density at radius 3 is 2.23 bits per heavy atom. The molecule has 3 rings (SSSR count). The summed E-state index contributed by atoms with van der Waals surface area (Å²) in [5.41, 5.74) is 1.19. The molecule has 1 aliphatic heterocycles. The zero-order chi connectivity index (χ0) is 21.3. The van der Waals surface area contributed by atoms with Gasteiger partial charge in [0.2, 0.25) is 11.8 Å². The first-order valence-electron chi connectivity index (χ1n) is 10.1. The number of Topliss-reactive ketones (excluding diaryl/α,β-unsaturated/α-hetero) is 1. The van der Waals surface area contributed by atoms with Gasteiger partial charge in [0.25, 0.3) is 0 Å². The Morgan fingerprint density at radius 2 is 1.57 bits per heavy atom. The van der Waals surface area contributed by atoms with Gasteiger partial charge in [-0.3, -0.25) is 19.3 Å². The molecule has 30 heavy (non-hydrogen) atoms. The molecule has 1 heterocycles. The summed E-state index contributed by atoms with van der Waals surface area (Å²) >= 11 is 0. The number of likely N-dealkylation sites (tertiary alicyclic amines) is 1. The van der Waals surface area contributed by atoms with Crippen molar-refractivity contribution in [1.82, 2.24) is 10.2 Å². The minimum atomic E-state index is -0.395. The molecular weight excluding hydrogens is 385 g/mol. The lowest BCUT2D eigenvalue weighted by molar-refractivity contribution is -0.122.